The Labute approximate surface area is 125 Å². The lowest BCUT2D eigenvalue weighted by Crippen LogP contribution is -2.17. The Morgan fingerprint density at radius 2 is 1.90 bits per heavy atom. The van der Waals surface area contributed by atoms with E-state index in [1.54, 1.807) is 18.2 Å². The zero-order valence-electron chi connectivity index (χ0n) is 10.8. The number of hydrogen-bond acceptors (Lipinski definition) is 4. The molecule has 0 spiro atoms. The maximum atomic E-state index is 11.5. The molecule has 2 aromatic rings. The fourth-order valence-electron chi connectivity index (χ4n) is 1.87. The van der Waals surface area contributed by atoms with Gasteiger partial charge in [-0.15, -0.1) is 6.42 Å². The second-order valence-corrected chi connectivity index (χ2v) is 5.29. The number of terminal acetylenes is 1. The van der Waals surface area contributed by atoms with Crippen molar-refractivity contribution in [3.8, 4) is 23.7 Å². The molecule has 0 atom stereocenters. The van der Waals surface area contributed by atoms with Gasteiger partial charge >= 0.3 is 0 Å². The van der Waals surface area contributed by atoms with E-state index < -0.39 is 5.91 Å². The molecule has 0 aliphatic carbocycles. The van der Waals surface area contributed by atoms with Crippen LogP contribution in [0.5, 0.6) is 0 Å². The molecule has 0 unspecified atom stereocenters. The normalized spacial score (nSPS) is 16.0. The summed E-state index contributed by atoms with van der Waals surface area (Å²) in [6.07, 6.45) is 6.86. The van der Waals surface area contributed by atoms with Crippen molar-refractivity contribution in [3.05, 3.63) is 52.6 Å². The number of nitrogens with one attached hydrogen (secondary N) is 1. The lowest BCUT2D eigenvalue weighted by Gasteiger charge is -1.97. The van der Waals surface area contributed by atoms with Gasteiger partial charge in [-0.1, -0.05) is 18.1 Å². The van der Waals surface area contributed by atoms with Gasteiger partial charge in [-0.05, 0) is 36.0 Å². The first-order chi connectivity index (χ1) is 10.2. The summed E-state index contributed by atoms with van der Waals surface area (Å²) in [5.41, 5.74) is 1.68. The number of furan rings is 1. The first-order valence-electron chi connectivity index (χ1n) is 6.07. The van der Waals surface area contributed by atoms with Crippen molar-refractivity contribution >= 4 is 29.0 Å². The summed E-state index contributed by atoms with van der Waals surface area (Å²) in [5.74, 6) is 3.33. The van der Waals surface area contributed by atoms with Gasteiger partial charge in [-0.25, -0.2) is 0 Å². The largest absolute Gasteiger partial charge is 0.457 e. The van der Waals surface area contributed by atoms with Gasteiger partial charge in [-0.2, -0.15) is 0 Å². The van der Waals surface area contributed by atoms with Gasteiger partial charge in [0.2, 0.25) is 0 Å². The average Bonchev–Trinajstić information content (AvgIpc) is 3.07. The van der Waals surface area contributed by atoms with Gasteiger partial charge in [0.15, 0.2) is 0 Å². The molecule has 2 heterocycles. The van der Waals surface area contributed by atoms with Gasteiger partial charge in [0.1, 0.15) is 11.5 Å². The number of amides is 2. The van der Waals surface area contributed by atoms with Crippen LogP contribution in [-0.4, -0.2) is 11.1 Å². The number of imide groups is 1. The number of hydrogen-bond donors (Lipinski definition) is 1. The predicted octanol–water partition coefficient (Wildman–Crippen LogP) is 3.25. The van der Waals surface area contributed by atoms with Crippen LogP contribution < -0.4 is 5.32 Å². The SMILES string of the molecule is C#Cc1ccc(-c2ccc(C=C3SC(=O)NC3=O)o2)cc1. The molecular formula is C16H9NO3S. The van der Waals surface area contributed by atoms with Gasteiger partial charge in [0.05, 0.1) is 4.91 Å². The van der Waals surface area contributed by atoms with Gasteiger partial charge in [0.25, 0.3) is 11.1 Å². The molecule has 3 rings (SSSR count). The number of carbonyl (C=O) groups excluding carboxylic acids is 2. The Bertz CT molecular complexity index is 794. The van der Waals surface area contributed by atoms with Crippen LogP contribution >= 0.6 is 11.8 Å². The Balaban J connectivity index is 1.86. The molecule has 102 valence electrons. The van der Waals surface area contributed by atoms with Crippen molar-refractivity contribution in [1.82, 2.24) is 5.32 Å². The van der Waals surface area contributed by atoms with E-state index in [0.29, 0.717) is 16.4 Å². The van der Waals surface area contributed by atoms with Crippen molar-refractivity contribution in [2.75, 3.05) is 0 Å². The maximum absolute atomic E-state index is 11.5. The standard InChI is InChI=1S/C16H9NO3S/c1-2-10-3-5-11(6-4-10)13-8-7-12(20-13)9-14-15(18)17-16(19)21-14/h1,3-9H,(H,17,18,19). The van der Waals surface area contributed by atoms with E-state index in [1.165, 1.54) is 0 Å². The smallest absolute Gasteiger partial charge is 0.290 e. The molecule has 1 saturated heterocycles. The zero-order valence-corrected chi connectivity index (χ0v) is 11.6. The van der Waals surface area contributed by atoms with Crippen LogP contribution in [0.1, 0.15) is 11.3 Å². The number of benzene rings is 1. The highest BCUT2D eigenvalue weighted by Gasteiger charge is 2.25. The fraction of sp³-hybridized carbons (Fsp3) is 0. The Kier molecular flexibility index (Phi) is 3.38. The molecule has 0 saturated carbocycles. The number of carbonyl (C=O) groups is 2. The molecule has 1 aliphatic rings. The van der Waals surface area contributed by atoms with E-state index in [0.717, 1.165) is 22.9 Å². The van der Waals surface area contributed by atoms with Crippen LogP contribution in [0.25, 0.3) is 17.4 Å². The van der Waals surface area contributed by atoms with Crippen LogP contribution in [0.4, 0.5) is 4.79 Å². The summed E-state index contributed by atoms with van der Waals surface area (Å²) in [5, 5.41) is 1.82. The molecule has 5 heteroatoms. The zero-order chi connectivity index (χ0) is 14.8. The third-order valence-electron chi connectivity index (χ3n) is 2.88. The fourth-order valence-corrected chi connectivity index (χ4v) is 2.53. The molecule has 0 bridgehead atoms. The third-order valence-corrected chi connectivity index (χ3v) is 3.69. The molecule has 1 aliphatic heterocycles. The Hall–Kier alpha value is -2.71. The van der Waals surface area contributed by atoms with Crippen molar-refractivity contribution in [3.63, 3.8) is 0 Å². The summed E-state index contributed by atoms with van der Waals surface area (Å²) in [4.78, 5) is 22.9. The maximum Gasteiger partial charge on any atom is 0.290 e. The summed E-state index contributed by atoms with van der Waals surface area (Å²) in [6, 6.07) is 10.9. The first-order valence-corrected chi connectivity index (χ1v) is 6.89. The quantitative estimate of drug-likeness (QED) is 0.682. The van der Waals surface area contributed by atoms with E-state index >= 15 is 0 Å². The average molecular weight is 295 g/mol. The van der Waals surface area contributed by atoms with Crippen LogP contribution in [0, 0.1) is 12.3 Å². The molecule has 1 N–H and O–H groups in total. The summed E-state index contributed by atoms with van der Waals surface area (Å²) in [6.45, 7) is 0. The van der Waals surface area contributed by atoms with Gasteiger partial charge in [-0.3, -0.25) is 14.9 Å². The number of rotatable bonds is 2. The molecule has 21 heavy (non-hydrogen) atoms. The summed E-state index contributed by atoms with van der Waals surface area (Å²) >= 11 is 0.858. The highest BCUT2D eigenvalue weighted by Crippen LogP contribution is 2.28. The van der Waals surface area contributed by atoms with Crippen molar-refractivity contribution in [1.29, 1.82) is 0 Å². The molecule has 2 amide bonds. The first kappa shape index (κ1) is 13.3. The lowest BCUT2D eigenvalue weighted by atomic mass is 10.1. The van der Waals surface area contributed by atoms with Crippen LogP contribution in [0.3, 0.4) is 0 Å². The molecular weight excluding hydrogens is 286 g/mol. The second kappa shape index (κ2) is 5.35. The van der Waals surface area contributed by atoms with Gasteiger partial charge < -0.3 is 4.42 Å². The Morgan fingerprint density at radius 3 is 2.52 bits per heavy atom. The van der Waals surface area contributed by atoms with E-state index in [4.69, 9.17) is 10.8 Å². The minimum Gasteiger partial charge on any atom is -0.457 e. The lowest BCUT2D eigenvalue weighted by molar-refractivity contribution is -0.115. The van der Waals surface area contributed by atoms with Crippen molar-refractivity contribution in [2.24, 2.45) is 0 Å². The monoisotopic (exact) mass is 295 g/mol. The van der Waals surface area contributed by atoms with Crippen LogP contribution in [0.2, 0.25) is 0 Å². The highest BCUT2D eigenvalue weighted by atomic mass is 32.2. The van der Waals surface area contributed by atoms with Crippen LogP contribution in [0.15, 0.2) is 45.7 Å². The van der Waals surface area contributed by atoms with Gasteiger partial charge in [0, 0.05) is 17.2 Å². The minimum atomic E-state index is -0.402. The summed E-state index contributed by atoms with van der Waals surface area (Å²) < 4.78 is 5.66. The second-order valence-electron chi connectivity index (χ2n) is 4.28. The van der Waals surface area contributed by atoms with E-state index in [2.05, 4.69) is 11.2 Å². The van der Waals surface area contributed by atoms with E-state index in [-0.39, 0.29) is 5.24 Å². The molecule has 4 nitrogen and oxygen atoms in total. The molecule has 1 aromatic carbocycles. The Morgan fingerprint density at radius 1 is 1.14 bits per heavy atom. The highest BCUT2D eigenvalue weighted by molar-refractivity contribution is 8.18. The molecule has 0 radical (unpaired) electrons. The predicted molar refractivity (Wildman–Crippen MR) is 81.2 cm³/mol. The molecule has 1 aromatic heterocycles. The third kappa shape index (κ3) is 2.76. The van der Waals surface area contributed by atoms with Crippen molar-refractivity contribution < 1.29 is 14.0 Å². The topological polar surface area (TPSA) is 59.3 Å². The summed E-state index contributed by atoms with van der Waals surface area (Å²) in [7, 11) is 0. The van der Waals surface area contributed by atoms with Crippen LogP contribution in [-0.2, 0) is 4.79 Å². The number of thioether (sulfide) groups is 1. The minimum absolute atomic E-state index is 0.323. The molecule has 1 fully saturated rings. The van der Waals surface area contributed by atoms with Crippen molar-refractivity contribution in [2.45, 2.75) is 0 Å². The van der Waals surface area contributed by atoms with E-state index in [9.17, 15) is 9.59 Å². The van der Waals surface area contributed by atoms with E-state index in [1.807, 2.05) is 24.3 Å².